The van der Waals surface area contributed by atoms with E-state index in [0.29, 0.717) is 6.42 Å². The van der Waals surface area contributed by atoms with E-state index in [1.807, 2.05) is 29.5 Å². The van der Waals surface area contributed by atoms with E-state index in [-0.39, 0.29) is 33.8 Å². The first-order valence-corrected chi connectivity index (χ1v) is 8.58. The number of furan rings is 2. The van der Waals surface area contributed by atoms with Crippen LogP contribution in [0.15, 0.2) is 4.42 Å². The van der Waals surface area contributed by atoms with Crippen molar-refractivity contribution in [2.24, 2.45) is 0 Å². The van der Waals surface area contributed by atoms with Crippen LogP contribution in [0.3, 0.4) is 0 Å². The number of esters is 4. The molecule has 0 fully saturated rings. The van der Waals surface area contributed by atoms with Crippen LogP contribution in [0.5, 0.6) is 11.5 Å². The maximum Gasteiger partial charge on any atom is 0.349 e. The summed E-state index contributed by atoms with van der Waals surface area (Å²) in [6.07, 6.45) is 0.521. The van der Waals surface area contributed by atoms with Crippen molar-refractivity contribution in [1.82, 2.24) is 0 Å². The van der Waals surface area contributed by atoms with Crippen LogP contribution in [0.25, 0.3) is 11.2 Å². The van der Waals surface area contributed by atoms with E-state index in [4.69, 9.17) is 18.6 Å². The van der Waals surface area contributed by atoms with Crippen LogP contribution >= 0.6 is 22.6 Å². The molecular weight excluding hydrogens is 463 g/mol. The number of fused-ring (bicyclic) bond motifs is 1. The number of methoxy groups -OCH3 is 1. The first kappa shape index (κ1) is 18.4. The molecule has 2 bridgehead atoms. The first-order valence-electron chi connectivity index (χ1n) is 7.50. The zero-order chi connectivity index (χ0) is 19.2. The Labute approximate surface area is 160 Å². The molecule has 0 radical (unpaired) electrons. The fourth-order valence-electron chi connectivity index (χ4n) is 2.34. The number of alkyl halides is 1. The second-order valence-corrected chi connectivity index (χ2v) is 8.03. The third-order valence-electron chi connectivity index (χ3n) is 3.94. The molecule has 3 rings (SSSR count). The average molecular weight is 476 g/mol. The molecule has 1 aliphatic rings. The van der Waals surface area contributed by atoms with Crippen LogP contribution < -0.4 is 9.47 Å². The predicted octanol–water partition coefficient (Wildman–Crippen LogP) is 2.24. The van der Waals surface area contributed by atoms with Crippen LogP contribution in [0.2, 0.25) is 0 Å². The third kappa shape index (κ3) is 2.77. The molecule has 2 aromatic heterocycles. The molecule has 138 valence electrons. The van der Waals surface area contributed by atoms with Crippen molar-refractivity contribution >= 4 is 57.6 Å². The lowest BCUT2D eigenvalue weighted by atomic mass is 10.1. The van der Waals surface area contributed by atoms with Gasteiger partial charge in [0.1, 0.15) is 14.5 Å². The molecule has 3 heterocycles. The zero-order valence-electron chi connectivity index (χ0n) is 14.0. The standard InChI is InChI=1S/C16H13IO9/c1-4-16(2,17)15(21)23-5-6(18)24-11-9-7(13(19)22-3)8-10(25-9)12(11)26-14(8)20/h4-5H2,1-3H3. The smallest absolute Gasteiger partial charge is 0.349 e. The molecule has 0 aliphatic carbocycles. The van der Waals surface area contributed by atoms with Gasteiger partial charge in [-0.3, -0.25) is 4.79 Å². The number of hydrogen-bond donors (Lipinski definition) is 0. The fourth-order valence-corrected chi connectivity index (χ4v) is 2.50. The van der Waals surface area contributed by atoms with Gasteiger partial charge in [-0.05, 0) is 13.3 Å². The second-order valence-electron chi connectivity index (χ2n) is 5.65. The van der Waals surface area contributed by atoms with E-state index < -0.39 is 33.9 Å². The molecular formula is C16H13IO9. The maximum atomic E-state index is 12.0. The fraction of sp³-hybridized carbons (Fsp3) is 0.375. The zero-order valence-corrected chi connectivity index (χ0v) is 16.1. The first-order chi connectivity index (χ1) is 12.2. The van der Waals surface area contributed by atoms with Gasteiger partial charge in [-0.1, -0.05) is 29.5 Å². The van der Waals surface area contributed by atoms with Gasteiger partial charge in [-0.2, -0.15) is 0 Å². The number of ether oxygens (including phenoxy) is 4. The van der Waals surface area contributed by atoms with Crippen molar-refractivity contribution in [2.45, 2.75) is 23.7 Å². The molecule has 0 saturated carbocycles. The Hall–Kier alpha value is -2.37. The largest absolute Gasteiger partial charge is 0.465 e. The van der Waals surface area contributed by atoms with Gasteiger partial charge in [-0.25, -0.2) is 14.4 Å². The molecule has 0 aromatic carbocycles. The van der Waals surface area contributed by atoms with Gasteiger partial charge in [0.2, 0.25) is 11.5 Å². The molecule has 0 spiro atoms. The van der Waals surface area contributed by atoms with Crippen molar-refractivity contribution in [3.63, 3.8) is 0 Å². The van der Waals surface area contributed by atoms with Crippen LogP contribution in [-0.4, -0.2) is 41.0 Å². The van der Waals surface area contributed by atoms with E-state index in [1.54, 1.807) is 6.92 Å². The minimum atomic E-state index is -0.915. The molecule has 2 aromatic rings. The highest BCUT2D eigenvalue weighted by molar-refractivity contribution is 14.1. The summed E-state index contributed by atoms with van der Waals surface area (Å²) in [6, 6.07) is 0. The Kier molecular flexibility index (Phi) is 4.54. The van der Waals surface area contributed by atoms with Crippen molar-refractivity contribution in [3.05, 3.63) is 11.1 Å². The topological polar surface area (TPSA) is 118 Å². The molecule has 9 nitrogen and oxygen atoms in total. The number of carbonyl (C=O) groups is 4. The number of benzene rings is 1. The maximum absolute atomic E-state index is 12.0. The molecule has 1 unspecified atom stereocenters. The van der Waals surface area contributed by atoms with Crippen molar-refractivity contribution in [3.8, 4) is 11.5 Å². The van der Waals surface area contributed by atoms with E-state index in [2.05, 4.69) is 4.74 Å². The Morgan fingerprint density at radius 2 is 1.92 bits per heavy atom. The molecule has 10 heteroatoms. The highest BCUT2D eigenvalue weighted by Crippen LogP contribution is 2.52. The summed E-state index contributed by atoms with van der Waals surface area (Å²) in [7, 11) is 1.14. The van der Waals surface area contributed by atoms with Gasteiger partial charge in [0.05, 0.1) is 7.11 Å². The Bertz CT molecular complexity index is 924. The van der Waals surface area contributed by atoms with Crippen LogP contribution in [0, 0.1) is 0 Å². The van der Waals surface area contributed by atoms with Crippen molar-refractivity contribution in [2.75, 3.05) is 13.7 Å². The summed E-state index contributed by atoms with van der Waals surface area (Å²) in [5, 5.41) is 0. The minimum absolute atomic E-state index is 0.0102. The molecule has 0 amide bonds. The van der Waals surface area contributed by atoms with Gasteiger partial charge in [0.15, 0.2) is 17.8 Å². The highest BCUT2D eigenvalue weighted by Gasteiger charge is 2.44. The second kappa shape index (κ2) is 6.41. The summed E-state index contributed by atoms with van der Waals surface area (Å²) in [4.78, 5) is 47.7. The van der Waals surface area contributed by atoms with Gasteiger partial charge in [0, 0.05) is 0 Å². The highest BCUT2D eigenvalue weighted by atomic mass is 127. The van der Waals surface area contributed by atoms with Gasteiger partial charge >= 0.3 is 23.9 Å². The summed E-state index contributed by atoms with van der Waals surface area (Å²) in [6.45, 7) is 2.84. The SMILES string of the molecule is CCC(C)(I)C(=O)OCC(=O)Oc1c2c3oc1c(C(=O)OC)c3C(=O)O2. The Morgan fingerprint density at radius 1 is 1.23 bits per heavy atom. The van der Waals surface area contributed by atoms with E-state index >= 15 is 0 Å². The predicted molar refractivity (Wildman–Crippen MR) is 93.0 cm³/mol. The van der Waals surface area contributed by atoms with Crippen molar-refractivity contribution in [1.29, 1.82) is 0 Å². The van der Waals surface area contributed by atoms with Gasteiger partial charge in [-0.15, -0.1) is 0 Å². The summed E-state index contributed by atoms with van der Waals surface area (Å²) < 4.78 is 24.2. The number of hydrogen-bond acceptors (Lipinski definition) is 9. The number of rotatable bonds is 6. The third-order valence-corrected chi connectivity index (χ3v) is 5.15. The van der Waals surface area contributed by atoms with E-state index in [9.17, 15) is 19.2 Å². The van der Waals surface area contributed by atoms with Gasteiger partial charge in [0.25, 0.3) is 0 Å². The number of carbonyl (C=O) groups excluding carboxylic acids is 4. The van der Waals surface area contributed by atoms with E-state index in [1.165, 1.54) is 0 Å². The lowest BCUT2D eigenvalue weighted by Crippen LogP contribution is -2.31. The Morgan fingerprint density at radius 3 is 2.54 bits per heavy atom. The van der Waals surface area contributed by atoms with Crippen LogP contribution in [0.4, 0.5) is 0 Å². The summed E-state index contributed by atoms with van der Waals surface area (Å²) >= 11 is 1.93. The normalized spacial score (nSPS) is 14.8. The van der Waals surface area contributed by atoms with Gasteiger partial charge < -0.3 is 23.4 Å². The monoisotopic (exact) mass is 476 g/mol. The quantitative estimate of drug-likeness (QED) is 0.268. The van der Waals surface area contributed by atoms with E-state index in [0.717, 1.165) is 7.11 Å². The average Bonchev–Trinajstić information content (AvgIpc) is 3.22. The van der Waals surface area contributed by atoms with Crippen LogP contribution in [-0.2, 0) is 19.1 Å². The summed E-state index contributed by atoms with van der Waals surface area (Å²) in [5.74, 6) is -3.41. The molecule has 1 atom stereocenters. The Balaban J connectivity index is 1.79. The lowest BCUT2D eigenvalue weighted by molar-refractivity contribution is -0.154. The molecule has 0 saturated heterocycles. The minimum Gasteiger partial charge on any atom is -0.465 e. The molecule has 26 heavy (non-hydrogen) atoms. The molecule has 1 aliphatic heterocycles. The molecule has 0 N–H and O–H groups in total. The number of halogens is 1. The van der Waals surface area contributed by atoms with Crippen molar-refractivity contribution < 1.29 is 42.5 Å². The van der Waals surface area contributed by atoms with Crippen LogP contribution in [0.1, 0.15) is 41.0 Å². The lowest BCUT2D eigenvalue weighted by Gasteiger charge is -2.17. The summed E-state index contributed by atoms with van der Waals surface area (Å²) in [5.41, 5.74) is -0.346.